The highest BCUT2D eigenvalue weighted by molar-refractivity contribution is 6.11. The Kier molecular flexibility index (Phi) is 4.99. The monoisotopic (exact) mass is 406 g/mol. The fraction of sp³-hybridized carbons (Fsp3) is 0.0833. The molecule has 0 unspecified atom stereocenters. The molecule has 0 aliphatic carbocycles. The maximum atomic E-state index is 13.4. The van der Waals surface area contributed by atoms with Crippen molar-refractivity contribution >= 4 is 28.1 Å². The number of anilines is 2. The molecule has 6 heteroatoms. The Balaban J connectivity index is 1.88. The number of fused-ring (bicyclic) bond motifs is 1. The number of amides is 1. The van der Waals surface area contributed by atoms with Gasteiger partial charge in [0.25, 0.3) is 5.91 Å². The Morgan fingerprint density at radius 1 is 0.867 bits per heavy atom. The van der Waals surface area contributed by atoms with Gasteiger partial charge in [0.2, 0.25) is 0 Å². The van der Waals surface area contributed by atoms with Gasteiger partial charge in [-0.05, 0) is 60.8 Å². The summed E-state index contributed by atoms with van der Waals surface area (Å²) >= 11 is 0. The number of carbonyl (C=O) groups excluding carboxylic acids is 1. The zero-order chi connectivity index (χ0) is 21.3. The van der Waals surface area contributed by atoms with Crippen LogP contribution in [0.3, 0.4) is 0 Å². The summed E-state index contributed by atoms with van der Waals surface area (Å²) in [6.07, 6.45) is -1.20. The second kappa shape index (κ2) is 7.63. The molecule has 1 heterocycles. The SMILES string of the molecule is Cc1ccc(C(=O)N(c2cccc(C(F)(F)F)c2)c2ccc3ccncc3c2)cc1. The number of nitrogens with zero attached hydrogens (tertiary/aromatic N) is 2. The molecule has 3 aromatic carbocycles. The third-order valence-corrected chi connectivity index (χ3v) is 4.82. The summed E-state index contributed by atoms with van der Waals surface area (Å²) in [5, 5.41) is 1.70. The molecule has 0 aliphatic heterocycles. The summed E-state index contributed by atoms with van der Waals surface area (Å²) in [5.41, 5.74) is 1.14. The van der Waals surface area contributed by atoms with Gasteiger partial charge in [-0.1, -0.05) is 29.8 Å². The van der Waals surface area contributed by atoms with Crippen LogP contribution in [0.2, 0.25) is 0 Å². The number of rotatable bonds is 3. The second-order valence-corrected chi connectivity index (χ2v) is 6.96. The molecule has 0 bridgehead atoms. The minimum absolute atomic E-state index is 0.138. The standard InChI is InChI=1S/C24H17F3N2O/c1-16-5-7-18(8-6-16)23(30)29(21-4-2-3-20(14-21)24(25,26)27)22-10-9-17-11-12-28-15-19(17)13-22/h2-15H,1H3. The molecule has 0 spiro atoms. The van der Waals surface area contributed by atoms with E-state index in [0.29, 0.717) is 11.3 Å². The molecule has 0 aliphatic rings. The predicted molar refractivity (Wildman–Crippen MR) is 111 cm³/mol. The summed E-state index contributed by atoms with van der Waals surface area (Å²) < 4.78 is 39.9. The smallest absolute Gasteiger partial charge is 0.277 e. The maximum absolute atomic E-state index is 13.4. The van der Waals surface area contributed by atoms with Crippen molar-refractivity contribution in [3.63, 3.8) is 0 Å². The van der Waals surface area contributed by atoms with Gasteiger partial charge >= 0.3 is 6.18 Å². The van der Waals surface area contributed by atoms with Gasteiger partial charge in [-0.3, -0.25) is 14.7 Å². The van der Waals surface area contributed by atoms with Gasteiger partial charge in [0.15, 0.2) is 0 Å². The molecule has 1 amide bonds. The maximum Gasteiger partial charge on any atom is 0.416 e. The fourth-order valence-electron chi connectivity index (χ4n) is 3.24. The third-order valence-electron chi connectivity index (χ3n) is 4.82. The lowest BCUT2D eigenvalue weighted by molar-refractivity contribution is -0.137. The van der Waals surface area contributed by atoms with E-state index in [0.717, 1.165) is 28.5 Å². The molecule has 1 aromatic heterocycles. The number of hydrogen-bond donors (Lipinski definition) is 0. The highest BCUT2D eigenvalue weighted by Gasteiger charge is 2.31. The number of aromatic nitrogens is 1. The van der Waals surface area contributed by atoms with Crippen LogP contribution in [0, 0.1) is 6.92 Å². The first-order chi connectivity index (χ1) is 14.3. The first kappa shape index (κ1) is 19.6. The molecule has 0 radical (unpaired) electrons. The quantitative estimate of drug-likeness (QED) is 0.387. The van der Waals surface area contributed by atoms with E-state index in [1.54, 1.807) is 48.8 Å². The van der Waals surface area contributed by atoms with Crippen LogP contribution in [-0.4, -0.2) is 10.9 Å². The average molecular weight is 406 g/mol. The number of hydrogen-bond acceptors (Lipinski definition) is 2. The lowest BCUT2D eigenvalue weighted by atomic mass is 10.1. The first-order valence-electron chi connectivity index (χ1n) is 9.25. The van der Waals surface area contributed by atoms with E-state index in [1.807, 2.05) is 19.1 Å². The van der Waals surface area contributed by atoms with Crippen molar-refractivity contribution in [2.75, 3.05) is 4.90 Å². The van der Waals surface area contributed by atoms with Gasteiger partial charge < -0.3 is 0 Å². The topological polar surface area (TPSA) is 33.2 Å². The minimum Gasteiger partial charge on any atom is -0.277 e. The molecule has 4 rings (SSSR count). The summed E-state index contributed by atoms with van der Waals surface area (Å²) in [6, 6.07) is 18.8. The Hall–Kier alpha value is -3.67. The molecule has 0 atom stereocenters. The summed E-state index contributed by atoms with van der Waals surface area (Å²) in [6.45, 7) is 1.90. The van der Waals surface area contributed by atoms with Crippen molar-refractivity contribution in [1.82, 2.24) is 4.98 Å². The lowest BCUT2D eigenvalue weighted by Gasteiger charge is -2.24. The molecule has 0 N–H and O–H groups in total. The summed E-state index contributed by atoms with van der Waals surface area (Å²) in [7, 11) is 0. The van der Waals surface area contributed by atoms with Crippen LogP contribution in [0.15, 0.2) is 85.2 Å². The molecule has 4 aromatic rings. The normalized spacial score (nSPS) is 11.5. The number of carbonyl (C=O) groups is 1. The molecule has 0 fully saturated rings. The number of halogens is 3. The first-order valence-corrected chi connectivity index (χ1v) is 9.25. The Morgan fingerprint density at radius 2 is 1.60 bits per heavy atom. The van der Waals surface area contributed by atoms with Crippen LogP contribution in [0.5, 0.6) is 0 Å². The van der Waals surface area contributed by atoms with Gasteiger partial charge in [0.05, 0.1) is 5.56 Å². The number of aryl methyl sites for hydroxylation is 1. The Morgan fingerprint density at radius 3 is 2.33 bits per heavy atom. The van der Waals surface area contributed by atoms with Crippen molar-refractivity contribution < 1.29 is 18.0 Å². The minimum atomic E-state index is -4.51. The van der Waals surface area contributed by atoms with Crippen LogP contribution in [0.25, 0.3) is 10.8 Å². The molecule has 0 saturated heterocycles. The molecular formula is C24H17F3N2O. The van der Waals surface area contributed by atoms with Gasteiger partial charge in [-0.2, -0.15) is 13.2 Å². The zero-order valence-corrected chi connectivity index (χ0v) is 16.0. The largest absolute Gasteiger partial charge is 0.416 e. The van der Waals surface area contributed by atoms with Crippen molar-refractivity contribution in [2.24, 2.45) is 0 Å². The van der Waals surface area contributed by atoms with Gasteiger partial charge in [-0.25, -0.2) is 0 Å². The molecule has 0 saturated carbocycles. The number of alkyl halides is 3. The van der Waals surface area contributed by atoms with E-state index < -0.39 is 17.6 Å². The zero-order valence-electron chi connectivity index (χ0n) is 16.0. The fourth-order valence-corrected chi connectivity index (χ4v) is 3.24. The predicted octanol–water partition coefficient (Wildman–Crippen LogP) is 6.54. The van der Waals surface area contributed by atoms with E-state index in [-0.39, 0.29) is 5.69 Å². The number of pyridine rings is 1. The van der Waals surface area contributed by atoms with E-state index in [4.69, 9.17) is 0 Å². The van der Waals surface area contributed by atoms with Crippen molar-refractivity contribution in [1.29, 1.82) is 0 Å². The highest BCUT2D eigenvalue weighted by Crippen LogP contribution is 2.35. The molecule has 150 valence electrons. The van der Waals surface area contributed by atoms with Crippen LogP contribution < -0.4 is 4.90 Å². The van der Waals surface area contributed by atoms with Gasteiger partial charge in [0, 0.05) is 34.7 Å². The van der Waals surface area contributed by atoms with Gasteiger partial charge in [0.1, 0.15) is 0 Å². The van der Waals surface area contributed by atoms with Crippen LogP contribution in [-0.2, 0) is 6.18 Å². The molecular weight excluding hydrogens is 389 g/mol. The van der Waals surface area contributed by atoms with Crippen LogP contribution in [0.1, 0.15) is 21.5 Å². The van der Waals surface area contributed by atoms with Crippen LogP contribution >= 0.6 is 0 Å². The van der Waals surface area contributed by atoms with E-state index >= 15 is 0 Å². The summed E-state index contributed by atoms with van der Waals surface area (Å²) in [4.78, 5) is 18.8. The van der Waals surface area contributed by atoms with Crippen LogP contribution in [0.4, 0.5) is 24.5 Å². The molecule has 30 heavy (non-hydrogen) atoms. The van der Waals surface area contributed by atoms with Crippen molar-refractivity contribution in [3.05, 3.63) is 102 Å². The average Bonchev–Trinajstić information content (AvgIpc) is 2.74. The third kappa shape index (κ3) is 3.89. The lowest BCUT2D eigenvalue weighted by Crippen LogP contribution is -2.26. The number of benzene rings is 3. The highest BCUT2D eigenvalue weighted by atomic mass is 19.4. The molecule has 3 nitrogen and oxygen atoms in total. The Labute approximate surface area is 171 Å². The van der Waals surface area contributed by atoms with Crippen molar-refractivity contribution in [3.8, 4) is 0 Å². The van der Waals surface area contributed by atoms with Gasteiger partial charge in [-0.15, -0.1) is 0 Å². The van der Waals surface area contributed by atoms with E-state index in [9.17, 15) is 18.0 Å². The second-order valence-electron chi connectivity index (χ2n) is 6.96. The van der Waals surface area contributed by atoms with Crippen molar-refractivity contribution in [2.45, 2.75) is 13.1 Å². The summed E-state index contributed by atoms with van der Waals surface area (Å²) in [5.74, 6) is -0.419. The van der Waals surface area contributed by atoms with E-state index in [1.165, 1.54) is 17.0 Å². The Bertz CT molecular complexity index is 1220. The van der Waals surface area contributed by atoms with E-state index in [2.05, 4.69) is 4.98 Å².